The number of ether oxygens (including phenoxy) is 1. The second-order valence-electron chi connectivity index (χ2n) is 3.80. The summed E-state index contributed by atoms with van der Waals surface area (Å²) in [6.45, 7) is 4.04. The summed E-state index contributed by atoms with van der Waals surface area (Å²) in [5.74, 6) is 0.166. The van der Waals surface area contributed by atoms with Gasteiger partial charge in [0.2, 0.25) is 0 Å². The average molecular weight is 218 g/mol. The lowest BCUT2D eigenvalue weighted by Gasteiger charge is -2.07. The standard InChI is InChI=1S/C14H18O2/c1-12(15)10-11-16-13(2)8-9-14-6-4-3-5-7-14/h3-9,13H,10-11H2,1-2H3/b9-8+. The molecule has 0 N–H and O–H groups in total. The van der Waals surface area contributed by atoms with Crippen molar-refractivity contribution in [2.75, 3.05) is 6.61 Å². The number of ketones is 1. The van der Waals surface area contributed by atoms with Crippen LogP contribution in [-0.4, -0.2) is 18.5 Å². The molecule has 0 bridgehead atoms. The maximum absolute atomic E-state index is 10.7. The molecule has 0 aliphatic rings. The molecule has 1 atom stereocenters. The SMILES string of the molecule is CC(=O)CCOC(C)/C=C/c1ccccc1. The molecule has 0 heterocycles. The van der Waals surface area contributed by atoms with E-state index in [0.29, 0.717) is 13.0 Å². The summed E-state index contributed by atoms with van der Waals surface area (Å²) in [6.07, 6.45) is 4.55. The van der Waals surface area contributed by atoms with E-state index in [4.69, 9.17) is 4.74 Å². The summed E-state index contributed by atoms with van der Waals surface area (Å²) < 4.78 is 5.47. The molecule has 0 spiro atoms. The van der Waals surface area contributed by atoms with Crippen molar-refractivity contribution < 1.29 is 9.53 Å². The lowest BCUT2D eigenvalue weighted by Crippen LogP contribution is -2.08. The number of carbonyl (C=O) groups is 1. The summed E-state index contributed by atoms with van der Waals surface area (Å²) in [6, 6.07) is 10.1. The van der Waals surface area contributed by atoms with Gasteiger partial charge < -0.3 is 4.74 Å². The van der Waals surface area contributed by atoms with Crippen molar-refractivity contribution in [3.05, 3.63) is 42.0 Å². The Kier molecular flexibility index (Phi) is 5.51. The summed E-state index contributed by atoms with van der Waals surface area (Å²) in [7, 11) is 0. The van der Waals surface area contributed by atoms with E-state index in [9.17, 15) is 4.79 Å². The van der Waals surface area contributed by atoms with Gasteiger partial charge in [-0.3, -0.25) is 4.79 Å². The predicted octanol–water partition coefficient (Wildman–Crippen LogP) is 3.08. The molecule has 0 saturated carbocycles. The first-order chi connectivity index (χ1) is 7.68. The van der Waals surface area contributed by atoms with E-state index in [1.54, 1.807) is 6.92 Å². The van der Waals surface area contributed by atoms with Crippen LogP contribution in [0, 0.1) is 0 Å². The number of Topliss-reactive ketones (excluding diaryl/α,β-unsaturated/α-hetero) is 1. The van der Waals surface area contributed by atoms with Gasteiger partial charge in [-0.15, -0.1) is 0 Å². The van der Waals surface area contributed by atoms with Crippen LogP contribution in [0.2, 0.25) is 0 Å². The van der Waals surface area contributed by atoms with E-state index in [-0.39, 0.29) is 11.9 Å². The van der Waals surface area contributed by atoms with Crippen LogP contribution in [0.3, 0.4) is 0 Å². The first-order valence-electron chi connectivity index (χ1n) is 5.53. The second-order valence-corrected chi connectivity index (χ2v) is 3.80. The lowest BCUT2D eigenvalue weighted by atomic mass is 10.2. The highest BCUT2D eigenvalue weighted by molar-refractivity contribution is 5.75. The van der Waals surface area contributed by atoms with E-state index in [1.807, 2.05) is 49.4 Å². The molecule has 0 amide bonds. The van der Waals surface area contributed by atoms with Gasteiger partial charge in [0.05, 0.1) is 12.7 Å². The van der Waals surface area contributed by atoms with Crippen LogP contribution < -0.4 is 0 Å². The van der Waals surface area contributed by atoms with Crippen molar-refractivity contribution >= 4 is 11.9 Å². The number of hydrogen-bond donors (Lipinski definition) is 0. The summed E-state index contributed by atoms with van der Waals surface area (Å²) in [5, 5.41) is 0. The molecule has 0 radical (unpaired) electrons. The number of hydrogen-bond acceptors (Lipinski definition) is 2. The minimum atomic E-state index is 0.0413. The molecule has 0 fully saturated rings. The van der Waals surface area contributed by atoms with Crippen molar-refractivity contribution in [3.8, 4) is 0 Å². The third-order valence-electron chi connectivity index (χ3n) is 2.19. The Morgan fingerprint density at radius 1 is 1.38 bits per heavy atom. The van der Waals surface area contributed by atoms with Crippen LogP contribution in [0.5, 0.6) is 0 Å². The molecule has 2 heteroatoms. The quantitative estimate of drug-likeness (QED) is 0.733. The molecule has 1 rings (SSSR count). The largest absolute Gasteiger partial charge is 0.374 e. The smallest absolute Gasteiger partial charge is 0.132 e. The molecule has 0 aliphatic heterocycles. The van der Waals surface area contributed by atoms with Crippen LogP contribution in [0.25, 0.3) is 6.08 Å². The third-order valence-corrected chi connectivity index (χ3v) is 2.19. The topological polar surface area (TPSA) is 26.3 Å². The van der Waals surface area contributed by atoms with Gasteiger partial charge in [0.1, 0.15) is 5.78 Å². The molecular formula is C14H18O2. The number of carbonyl (C=O) groups excluding carboxylic acids is 1. The Morgan fingerprint density at radius 2 is 2.06 bits per heavy atom. The second kappa shape index (κ2) is 6.96. The lowest BCUT2D eigenvalue weighted by molar-refractivity contribution is -0.118. The minimum Gasteiger partial charge on any atom is -0.374 e. The van der Waals surface area contributed by atoms with E-state index >= 15 is 0 Å². The predicted molar refractivity (Wildman–Crippen MR) is 66.2 cm³/mol. The summed E-state index contributed by atoms with van der Waals surface area (Å²) in [4.78, 5) is 10.7. The van der Waals surface area contributed by atoms with Crippen molar-refractivity contribution in [2.24, 2.45) is 0 Å². The van der Waals surface area contributed by atoms with Crippen LogP contribution in [0.4, 0.5) is 0 Å². The molecule has 1 unspecified atom stereocenters. The van der Waals surface area contributed by atoms with Gasteiger partial charge in [0.25, 0.3) is 0 Å². The maximum atomic E-state index is 10.7. The van der Waals surface area contributed by atoms with Crippen molar-refractivity contribution in [3.63, 3.8) is 0 Å². The monoisotopic (exact) mass is 218 g/mol. The number of benzene rings is 1. The molecule has 0 aliphatic carbocycles. The number of rotatable bonds is 6. The van der Waals surface area contributed by atoms with Crippen LogP contribution in [0.1, 0.15) is 25.8 Å². The normalized spacial score (nSPS) is 12.9. The molecule has 2 nitrogen and oxygen atoms in total. The molecule has 0 saturated heterocycles. The Bertz CT molecular complexity index is 341. The molecular weight excluding hydrogens is 200 g/mol. The van der Waals surface area contributed by atoms with Gasteiger partial charge in [0, 0.05) is 6.42 Å². The van der Waals surface area contributed by atoms with Gasteiger partial charge in [-0.2, -0.15) is 0 Å². The van der Waals surface area contributed by atoms with Crippen molar-refractivity contribution in [1.82, 2.24) is 0 Å². The van der Waals surface area contributed by atoms with Crippen LogP contribution in [-0.2, 0) is 9.53 Å². The molecule has 16 heavy (non-hydrogen) atoms. The minimum absolute atomic E-state index is 0.0413. The highest BCUT2D eigenvalue weighted by Crippen LogP contribution is 2.03. The fraction of sp³-hybridized carbons (Fsp3) is 0.357. The van der Waals surface area contributed by atoms with Gasteiger partial charge in [-0.1, -0.05) is 42.5 Å². The highest BCUT2D eigenvalue weighted by atomic mass is 16.5. The fourth-order valence-electron chi connectivity index (χ4n) is 1.25. The van der Waals surface area contributed by atoms with E-state index in [2.05, 4.69) is 0 Å². The molecule has 0 aromatic heterocycles. The van der Waals surface area contributed by atoms with E-state index in [1.165, 1.54) is 0 Å². The third kappa shape index (κ3) is 5.47. The Labute approximate surface area is 96.9 Å². The molecule has 1 aromatic rings. The van der Waals surface area contributed by atoms with Crippen LogP contribution >= 0.6 is 0 Å². The molecule has 1 aromatic carbocycles. The molecule has 86 valence electrons. The zero-order chi connectivity index (χ0) is 11.8. The first-order valence-corrected chi connectivity index (χ1v) is 5.53. The van der Waals surface area contributed by atoms with Gasteiger partial charge >= 0.3 is 0 Å². The van der Waals surface area contributed by atoms with Gasteiger partial charge in [0.15, 0.2) is 0 Å². The Morgan fingerprint density at radius 3 is 2.69 bits per heavy atom. The summed E-state index contributed by atoms with van der Waals surface area (Å²) >= 11 is 0. The highest BCUT2D eigenvalue weighted by Gasteiger charge is 1.98. The maximum Gasteiger partial charge on any atom is 0.132 e. The van der Waals surface area contributed by atoms with Gasteiger partial charge in [-0.05, 0) is 19.4 Å². The zero-order valence-corrected chi connectivity index (χ0v) is 9.85. The van der Waals surface area contributed by atoms with Gasteiger partial charge in [-0.25, -0.2) is 0 Å². The Hall–Kier alpha value is -1.41. The first kappa shape index (κ1) is 12.7. The van der Waals surface area contributed by atoms with Crippen LogP contribution in [0.15, 0.2) is 36.4 Å². The van der Waals surface area contributed by atoms with E-state index < -0.39 is 0 Å². The Balaban J connectivity index is 2.31. The van der Waals surface area contributed by atoms with Crippen molar-refractivity contribution in [2.45, 2.75) is 26.4 Å². The zero-order valence-electron chi connectivity index (χ0n) is 9.85. The van der Waals surface area contributed by atoms with E-state index in [0.717, 1.165) is 5.56 Å². The fourth-order valence-corrected chi connectivity index (χ4v) is 1.25. The summed E-state index contributed by atoms with van der Waals surface area (Å²) in [5.41, 5.74) is 1.16. The average Bonchev–Trinajstić information content (AvgIpc) is 2.27. The van der Waals surface area contributed by atoms with Crippen molar-refractivity contribution in [1.29, 1.82) is 0 Å².